The molecule has 0 aliphatic carbocycles. The second-order valence-electron chi connectivity index (χ2n) is 5.78. The van der Waals surface area contributed by atoms with Crippen LogP contribution in [0.5, 0.6) is 0 Å². The van der Waals surface area contributed by atoms with E-state index in [9.17, 15) is 9.90 Å². The highest BCUT2D eigenvalue weighted by molar-refractivity contribution is 5.92. The zero-order valence-electron chi connectivity index (χ0n) is 11.9. The third-order valence-electron chi connectivity index (χ3n) is 3.84. The lowest BCUT2D eigenvalue weighted by atomic mass is 10.0. The molecule has 0 bridgehead atoms. The van der Waals surface area contributed by atoms with Gasteiger partial charge >= 0.3 is 5.97 Å². The van der Waals surface area contributed by atoms with Gasteiger partial charge in [-0.3, -0.25) is 0 Å². The molecule has 1 saturated heterocycles. The molecule has 19 heavy (non-hydrogen) atoms. The summed E-state index contributed by atoms with van der Waals surface area (Å²) >= 11 is 0. The topological polar surface area (TPSA) is 66.3 Å². The van der Waals surface area contributed by atoms with Crippen molar-refractivity contribution in [2.75, 3.05) is 18.0 Å². The molecular weight excluding hydrogens is 242 g/mol. The molecule has 104 valence electrons. The Morgan fingerprint density at radius 2 is 1.95 bits per heavy atom. The number of nitrogens with zero attached hydrogens (tertiary/aromatic N) is 3. The smallest absolute Gasteiger partial charge is 0.356 e. The molecule has 1 aliphatic rings. The zero-order valence-corrected chi connectivity index (χ0v) is 11.9. The predicted octanol–water partition coefficient (Wildman–Crippen LogP) is 2.39. The minimum Gasteiger partial charge on any atom is -0.476 e. The van der Waals surface area contributed by atoms with Crippen LogP contribution >= 0.6 is 0 Å². The normalized spacial score (nSPS) is 23.1. The van der Waals surface area contributed by atoms with Crippen LogP contribution in [0.15, 0.2) is 6.20 Å². The first-order valence-electron chi connectivity index (χ1n) is 6.75. The first-order chi connectivity index (χ1) is 8.90. The van der Waals surface area contributed by atoms with E-state index in [4.69, 9.17) is 0 Å². The summed E-state index contributed by atoms with van der Waals surface area (Å²) in [5, 5.41) is 9.35. The molecule has 2 atom stereocenters. The van der Waals surface area contributed by atoms with Gasteiger partial charge in [-0.2, -0.15) is 0 Å². The summed E-state index contributed by atoms with van der Waals surface area (Å²) in [5.74, 6) is 0.856. The third-order valence-corrected chi connectivity index (χ3v) is 3.84. The molecule has 1 N–H and O–H groups in total. The van der Waals surface area contributed by atoms with Crippen LogP contribution in [0, 0.1) is 11.8 Å². The minimum atomic E-state index is -0.980. The van der Waals surface area contributed by atoms with Crippen molar-refractivity contribution in [2.24, 2.45) is 11.8 Å². The molecule has 5 nitrogen and oxygen atoms in total. The van der Waals surface area contributed by atoms with E-state index in [1.807, 2.05) is 13.8 Å². The Balaban J connectivity index is 2.38. The van der Waals surface area contributed by atoms with Gasteiger partial charge in [-0.05, 0) is 11.8 Å². The maximum absolute atomic E-state index is 11.4. The van der Waals surface area contributed by atoms with Gasteiger partial charge in [0.2, 0.25) is 0 Å². The van der Waals surface area contributed by atoms with Gasteiger partial charge in [0.15, 0.2) is 5.69 Å². The van der Waals surface area contributed by atoms with Crippen LogP contribution < -0.4 is 4.90 Å². The second kappa shape index (κ2) is 5.15. The van der Waals surface area contributed by atoms with Gasteiger partial charge in [-0.25, -0.2) is 14.8 Å². The van der Waals surface area contributed by atoms with Crippen LogP contribution in [0.3, 0.4) is 0 Å². The van der Waals surface area contributed by atoms with E-state index in [0.29, 0.717) is 23.3 Å². The maximum atomic E-state index is 11.4. The van der Waals surface area contributed by atoms with Gasteiger partial charge in [0.25, 0.3) is 0 Å². The third kappa shape index (κ3) is 2.69. The number of carboxylic acids is 1. The summed E-state index contributed by atoms with van der Waals surface area (Å²) in [4.78, 5) is 22.0. The van der Waals surface area contributed by atoms with Crippen LogP contribution in [0.25, 0.3) is 0 Å². The fourth-order valence-electron chi connectivity index (χ4n) is 2.38. The Labute approximate surface area is 113 Å². The van der Waals surface area contributed by atoms with Crippen molar-refractivity contribution in [3.63, 3.8) is 0 Å². The van der Waals surface area contributed by atoms with Crippen molar-refractivity contribution in [1.82, 2.24) is 9.97 Å². The average molecular weight is 263 g/mol. The zero-order chi connectivity index (χ0) is 14.2. The summed E-state index contributed by atoms with van der Waals surface area (Å²) in [6, 6.07) is 0. The lowest BCUT2D eigenvalue weighted by Gasteiger charge is -2.20. The van der Waals surface area contributed by atoms with Crippen molar-refractivity contribution in [1.29, 1.82) is 0 Å². The average Bonchev–Trinajstić information content (AvgIpc) is 2.68. The number of hydrogen-bond donors (Lipinski definition) is 1. The standard InChI is InChI=1S/C14H21N3O2/c1-8(2)13-15-5-11(12(16-13)14(18)19)17-6-9(3)10(4)7-17/h5,8-10H,6-7H2,1-4H3,(H,18,19). The van der Waals surface area contributed by atoms with Crippen molar-refractivity contribution < 1.29 is 9.90 Å². The van der Waals surface area contributed by atoms with E-state index >= 15 is 0 Å². The highest BCUT2D eigenvalue weighted by atomic mass is 16.4. The number of carbonyl (C=O) groups is 1. The summed E-state index contributed by atoms with van der Waals surface area (Å²) in [7, 11) is 0. The Hall–Kier alpha value is -1.65. The van der Waals surface area contributed by atoms with Crippen LogP contribution in [0.4, 0.5) is 5.69 Å². The number of hydrogen-bond acceptors (Lipinski definition) is 4. The van der Waals surface area contributed by atoms with Gasteiger partial charge < -0.3 is 10.0 Å². The molecular formula is C14H21N3O2. The number of anilines is 1. The first kappa shape index (κ1) is 13.8. The molecule has 0 spiro atoms. The van der Waals surface area contributed by atoms with Gasteiger partial charge in [-0.15, -0.1) is 0 Å². The van der Waals surface area contributed by atoms with Gasteiger partial charge in [0.1, 0.15) is 5.82 Å². The minimum absolute atomic E-state index is 0.125. The molecule has 0 amide bonds. The maximum Gasteiger partial charge on any atom is 0.356 e. The van der Waals surface area contributed by atoms with Crippen molar-refractivity contribution in [3.8, 4) is 0 Å². The molecule has 1 aromatic heterocycles. The lowest BCUT2D eigenvalue weighted by Crippen LogP contribution is -2.24. The second-order valence-corrected chi connectivity index (χ2v) is 5.78. The fourth-order valence-corrected chi connectivity index (χ4v) is 2.38. The Bertz CT molecular complexity index is 478. The molecule has 2 unspecified atom stereocenters. The number of rotatable bonds is 3. The van der Waals surface area contributed by atoms with Crippen molar-refractivity contribution in [3.05, 3.63) is 17.7 Å². The Kier molecular flexibility index (Phi) is 3.73. The van der Waals surface area contributed by atoms with Crippen LogP contribution in [0.1, 0.15) is 49.9 Å². The number of carboxylic acid groups (broad SMARTS) is 1. The molecule has 0 saturated carbocycles. The number of aromatic carboxylic acids is 1. The molecule has 1 aliphatic heterocycles. The summed E-state index contributed by atoms with van der Waals surface area (Å²) < 4.78 is 0. The fraction of sp³-hybridized carbons (Fsp3) is 0.643. The van der Waals surface area contributed by atoms with E-state index < -0.39 is 5.97 Å². The van der Waals surface area contributed by atoms with E-state index in [1.54, 1.807) is 6.20 Å². The Morgan fingerprint density at radius 1 is 1.37 bits per heavy atom. The van der Waals surface area contributed by atoms with E-state index in [0.717, 1.165) is 13.1 Å². The molecule has 1 fully saturated rings. The molecule has 0 aromatic carbocycles. The van der Waals surface area contributed by atoms with Gasteiger partial charge in [0.05, 0.1) is 11.9 Å². The van der Waals surface area contributed by atoms with Gasteiger partial charge in [-0.1, -0.05) is 27.7 Å². The Morgan fingerprint density at radius 3 is 2.42 bits per heavy atom. The largest absolute Gasteiger partial charge is 0.476 e. The molecule has 5 heteroatoms. The lowest BCUT2D eigenvalue weighted by molar-refractivity contribution is 0.0690. The first-order valence-corrected chi connectivity index (χ1v) is 6.75. The van der Waals surface area contributed by atoms with Gasteiger partial charge in [0, 0.05) is 19.0 Å². The monoisotopic (exact) mass is 263 g/mol. The highest BCUT2D eigenvalue weighted by Gasteiger charge is 2.29. The molecule has 2 rings (SSSR count). The van der Waals surface area contributed by atoms with Crippen LogP contribution in [-0.4, -0.2) is 34.1 Å². The molecule has 0 radical (unpaired) electrons. The van der Waals surface area contributed by atoms with E-state index in [2.05, 4.69) is 28.7 Å². The van der Waals surface area contributed by atoms with Crippen LogP contribution in [-0.2, 0) is 0 Å². The SMILES string of the molecule is CC(C)c1ncc(N2CC(C)C(C)C2)c(C(=O)O)n1. The van der Waals surface area contributed by atoms with Crippen molar-refractivity contribution >= 4 is 11.7 Å². The summed E-state index contributed by atoms with van der Waals surface area (Å²) in [6.07, 6.45) is 1.66. The van der Waals surface area contributed by atoms with Crippen molar-refractivity contribution in [2.45, 2.75) is 33.6 Å². The molecule has 2 heterocycles. The van der Waals surface area contributed by atoms with E-state index in [-0.39, 0.29) is 11.6 Å². The predicted molar refractivity (Wildman–Crippen MR) is 73.6 cm³/mol. The highest BCUT2D eigenvalue weighted by Crippen LogP contribution is 2.29. The van der Waals surface area contributed by atoms with E-state index in [1.165, 1.54) is 0 Å². The number of aromatic nitrogens is 2. The van der Waals surface area contributed by atoms with Crippen LogP contribution in [0.2, 0.25) is 0 Å². The quantitative estimate of drug-likeness (QED) is 0.907. The summed E-state index contributed by atoms with van der Waals surface area (Å²) in [6.45, 7) is 10.0. The molecule has 1 aromatic rings. The summed E-state index contributed by atoms with van der Waals surface area (Å²) in [5.41, 5.74) is 0.771.